The summed E-state index contributed by atoms with van der Waals surface area (Å²) in [6.45, 7) is 6.93. The summed E-state index contributed by atoms with van der Waals surface area (Å²) >= 11 is 0. The van der Waals surface area contributed by atoms with Crippen molar-refractivity contribution < 1.29 is 0 Å². The van der Waals surface area contributed by atoms with Crippen molar-refractivity contribution in [2.75, 3.05) is 11.5 Å². The Hall–Kier alpha value is -3.52. The second-order valence-electron chi connectivity index (χ2n) is 20.0. The maximum absolute atomic E-state index is 6.16. The summed E-state index contributed by atoms with van der Waals surface area (Å²) in [5.41, 5.74) is 22.7. The lowest BCUT2D eigenvalue weighted by molar-refractivity contribution is 0.444. The summed E-state index contributed by atoms with van der Waals surface area (Å²) in [7, 11) is 0. The van der Waals surface area contributed by atoms with Gasteiger partial charge >= 0.3 is 0 Å². The van der Waals surface area contributed by atoms with Crippen LogP contribution in [0, 0.1) is 5.92 Å². The molecular formula is C62H96N2. The zero-order chi connectivity index (χ0) is 45.3. The van der Waals surface area contributed by atoms with E-state index in [2.05, 4.69) is 118 Å². The average Bonchev–Trinajstić information content (AvgIpc) is 3.31. The molecule has 4 aromatic carbocycles. The number of hydrogen-bond donors (Lipinski definition) is 2. The minimum absolute atomic E-state index is 0.424. The number of hydrogen-bond acceptors (Lipinski definition) is 2. The minimum Gasteiger partial charge on any atom is -0.399 e. The maximum Gasteiger partial charge on any atom is 0.0314 e. The van der Waals surface area contributed by atoms with Gasteiger partial charge in [0.25, 0.3) is 0 Å². The molecular weight excluding hydrogens is 773 g/mol. The molecule has 0 fully saturated rings. The molecule has 2 unspecified atom stereocenters. The van der Waals surface area contributed by atoms with Crippen molar-refractivity contribution in [3.05, 3.63) is 130 Å². The Bertz CT molecular complexity index is 1550. The Morgan fingerprint density at radius 3 is 0.797 bits per heavy atom. The van der Waals surface area contributed by atoms with Gasteiger partial charge in [-0.25, -0.2) is 0 Å². The summed E-state index contributed by atoms with van der Waals surface area (Å²) < 4.78 is 0. The van der Waals surface area contributed by atoms with E-state index in [1.54, 1.807) is 0 Å². The summed E-state index contributed by atoms with van der Waals surface area (Å²) in [5, 5.41) is 0. The molecule has 0 spiro atoms. The highest BCUT2D eigenvalue weighted by Crippen LogP contribution is 2.34. The third-order valence-electron chi connectivity index (χ3n) is 14.4. The van der Waals surface area contributed by atoms with Crippen LogP contribution in [0.15, 0.2) is 97.1 Å². The van der Waals surface area contributed by atoms with E-state index in [-0.39, 0.29) is 0 Å². The van der Waals surface area contributed by atoms with E-state index in [1.165, 1.54) is 226 Å². The van der Waals surface area contributed by atoms with E-state index in [0.717, 1.165) is 24.2 Å². The Morgan fingerprint density at radius 2 is 0.516 bits per heavy atom. The van der Waals surface area contributed by atoms with Gasteiger partial charge in [0.1, 0.15) is 0 Å². The highest BCUT2D eigenvalue weighted by Gasteiger charge is 2.18. The fourth-order valence-electron chi connectivity index (χ4n) is 10.3. The molecule has 0 aliphatic carbocycles. The van der Waals surface area contributed by atoms with E-state index in [9.17, 15) is 0 Å². The number of anilines is 2. The van der Waals surface area contributed by atoms with Crippen molar-refractivity contribution in [3.8, 4) is 0 Å². The standard InChI is InChI=1S/C62H96N2/c1-4-7-10-13-16-18-20-23-26-29-32-61(57-42-46-59(63)47-43-57)55-38-34-52(35-39-55)50-54(31-28-25-22-15-12-9-6-3)51-53-36-40-56(41-37-53)62(58-44-48-60(64)49-45-58)33-30-27-24-21-19-17-14-11-8-5-2/h34-49,54,61-62H,4-33,50-51,63-64H2,1-3H3. The summed E-state index contributed by atoms with van der Waals surface area (Å²) in [6, 6.07) is 37.1. The molecule has 0 bridgehead atoms. The SMILES string of the molecule is CCCCCCCCCCCCC(c1ccc(N)cc1)c1ccc(CC(CCCCCCCCC)Cc2ccc(C(CCCCCCCCCCCC)c3ccc(N)cc3)cc2)cc1. The Labute approximate surface area is 395 Å². The quantitative estimate of drug-likeness (QED) is 0.0348. The molecule has 0 saturated carbocycles. The van der Waals surface area contributed by atoms with Crippen molar-refractivity contribution in [1.29, 1.82) is 0 Å². The predicted octanol–water partition coefficient (Wildman–Crippen LogP) is 19.3. The van der Waals surface area contributed by atoms with Gasteiger partial charge in [0.15, 0.2) is 0 Å². The zero-order valence-electron chi connectivity index (χ0n) is 41.8. The molecule has 4 N–H and O–H groups in total. The van der Waals surface area contributed by atoms with Gasteiger partial charge in [-0.05, 0) is 95.7 Å². The lowest BCUT2D eigenvalue weighted by Gasteiger charge is -2.21. The number of benzene rings is 4. The van der Waals surface area contributed by atoms with E-state index in [0.29, 0.717) is 17.8 Å². The van der Waals surface area contributed by atoms with Gasteiger partial charge in [0.05, 0.1) is 0 Å². The first-order valence-electron chi connectivity index (χ1n) is 27.4. The normalized spacial score (nSPS) is 13.0. The van der Waals surface area contributed by atoms with Crippen molar-refractivity contribution >= 4 is 11.4 Å². The number of nitrogens with two attached hydrogens (primary N) is 2. The van der Waals surface area contributed by atoms with Crippen LogP contribution in [0.3, 0.4) is 0 Å². The van der Waals surface area contributed by atoms with Crippen LogP contribution in [0.5, 0.6) is 0 Å². The van der Waals surface area contributed by atoms with Crippen LogP contribution in [0.1, 0.15) is 259 Å². The predicted molar refractivity (Wildman–Crippen MR) is 285 cm³/mol. The van der Waals surface area contributed by atoms with Crippen molar-refractivity contribution in [3.63, 3.8) is 0 Å². The van der Waals surface area contributed by atoms with E-state index in [4.69, 9.17) is 11.5 Å². The van der Waals surface area contributed by atoms with Gasteiger partial charge in [0.2, 0.25) is 0 Å². The molecule has 354 valence electrons. The molecule has 0 saturated heterocycles. The molecule has 0 aliphatic rings. The fraction of sp³-hybridized carbons (Fsp3) is 0.613. The third-order valence-corrected chi connectivity index (χ3v) is 14.4. The van der Waals surface area contributed by atoms with Crippen LogP contribution in [0.2, 0.25) is 0 Å². The van der Waals surface area contributed by atoms with Crippen LogP contribution >= 0.6 is 0 Å². The molecule has 64 heavy (non-hydrogen) atoms. The largest absolute Gasteiger partial charge is 0.399 e. The van der Waals surface area contributed by atoms with Gasteiger partial charge in [-0.15, -0.1) is 0 Å². The van der Waals surface area contributed by atoms with Crippen LogP contribution in [0.25, 0.3) is 0 Å². The molecule has 0 amide bonds. The molecule has 2 nitrogen and oxygen atoms in total. The highest BCUT2D eigenvalue weighted by molar-refractivity contribution is 5.44. The first kappa shape index (κ1) is 53.1. The highest BCUT2D eigenvalue weighted by atomic mass is 14.5. The summed E-state index contributed by atoms with van der Waals surface area (Å²) in [6.07, 6.45) is 43.1. The second-order valence-corrected chi connectivity index (χ2v) is 20.0. The molecule has 4 aromatic rings. The first-order valence-corrected chi connectivity index (χ1v) is 27.4. The Morgan fingerprint density at radius 1 is 0.281 bits per heavy atom. The van der Waals surface area contributed by atoms with Crippen LogP contribution in [0.4, 0.5) is 11.4 Å². The molecule has 2 heteroatoms. The average molecular weight is 869 g/mol. The zero-order valence-corrected chi connectivity index (χ0v) is 41.8. The smallest absolute Gasteiger partial charge is 0.0314 e. The van der Waals surface area contributed by atoms with Gasteiger partial charge < -0.3 is 11.5 Å². The van der Waals surface area contributed by atoms with Crippen molar-refractivity contribution in [1.82, 2.24) is 0 Å². The van der Waals surface area contributed by atoms with Gasteiger partial charge in [-0.1, -0.05) is 267 Å². The molecule has 4 rings (SSSR count). The van der Waals surface area contributed by atoms with Crippen molar-refractivity contribution in [2.45, 2.75) is 238 Å². The minimum atomic E-state index is 0.424. The van der Waals surface area contributed by atoms with Crippen LogP contribution < -0.4 is 11.5 Å². The monoisotopic (exact) mass is 869 g/mol. The fourth-order valence-corrected chi connectivity index (χ4v) is 10.3. The van der Waals surface area contributed by atoms with Crippen LogP contribution in [-0.2, 0) is 12.8 Å². The third kappa shape index (κ3) is 22.1. The molecule has 2 atom stereocenters. The van der Waals surface area contributed by atoms with E-state index >= 15 is 0 Å². The molecule has 0 heterocycles. The first-order chi connectivity index (χ1) is 31.5. The molecule has 0 aromatic heterocycles. The number of nitrogen functional groups attached to an aromatic ring is 2. The summed E-state index contributed by atoms with van der Waals surface area (Å²) in [4.78, 5) is 0. The van der Waals surface area contributed by atoms with Gasteiger partial charge in [-0.3, -0.25) is 0 Å². The Kier molecular flexibility index (Phi) is 28.1. The van der Waals surface area contributed by atoms with Gasteiger partial charge in [0, 0.05) is 23.2 Å². The van der Waals surface area contributed by atoms with Crippen molar-refractivity contribution in [2.24, 2.45) is 5.92 Å². The topological polar surface area (TPSA) is 52.0 Å². The van der Waals surface area contributed by atoms with E-state index in [1.807, 2.05) is 0 Å². The molecule has 0 radical (unpaired) electrons. The maximum atomic E-state index is 6.16. The number of rotatable bonds is 38. The lowest BCUT2D eigenvalue weighted by Crippen LogP contribution is -2.10. The summed E-state index contributed by atoms with van der Waals surface area (Å²) in [5.74, 6) is 1.49. The van der Waals surface area contributed by atoms with Crippen LogP contribution in [-0.4, -0.2) is 0 Å². The van der Waals surface area contributed by atoms with E-state index < -0.39 is 0 Å². The second kappa shape index (κ2) is 33.9. The molecule has 0 aliphatic heterocycles. The Balaban J connectivity index is 1.39. The lowest BCUT2D eigenvalue weighted by atomic mass is 9.83. The van der Waals surface area contributed by atoms with Gasteiger partial charge in [-0.2, -0.15) is 0 Å². The number of unbranched alkanes of at least 4 members (excludes halogenated alkanes) is 24.